The predicted octanol–water partition coefficient (Wildman–Crippen LogP) is 3.89. The van der Waals surface area contributed by atoms with Gasteiger partial charge in [0.2, 0.25) is 10.0 Å². The molecule has 0 radical (unpaired) electrons. The highest BCUT2D eigenvalue weighted by molar-refractivity contribution is 7.89. The summed E-state index contributed by atoms with van der Waals surface area (Å²) in [6, 6.07) is 8.49. The molecule has 0 atom stereocenters. The average molecular weight is 479 g/mol. The van der Waals surface area contributed by atoms with Crippen molar-refractivity contribution in [3.05, 3.63) is 57.1 Å². The molecule has 11 heteroatoms. The Morgan fingerprint density at radius 3 is 2.31 bits per heavy atom. The largest absolute Gasteiger partial charge is 0.371 e. The van der Waals surface area contributed by atoms with Gasteiger partial charge in [-0.15, -0.1) is 0 Å². The molecule has 32 heavy (non-hydrogen) atoms. The van der Waals surface area contributed by atoms with Gasteiger partial charge in [-0.25, -0.2) is 8.42 Å². The number of halogens is 1. The van der Waals surface area contributed by atoms with Gasteiger partial charge >= 0.3 is 0 Å². The number of carbonyl (C=O) groups is 1. The van der Waals surface area contributed by atoms with Crippen LogP contribution < -0.4 is 10.2 Å². The number of nitrogens with one attached hydrogen (secondary N) is 1. The van der Waals surface area contributed by atoms with Crippen molar-refractivity contribution in [3.63, 3.8) is 0 Å². The van der Waals surface area contributed by atoms with Crippen LogP contribution in [-0.2, 0) is 10.0 Å². The van der Waals surface area contributed by atoms with Crippen LogP contribution in [0.2, 0.25) is 5.02 Å². The van der Waals surface area contributed by atoms with Crippen LogP contribution in [0.1, 0.15) is 36.0 Å². The van der Waals surface area contributed by atoms with E-state index in [1.54, 1.807) is 6.07 Å². The molecule has 0 unspecified atom stereocenters. The number of nitro benzene ring substituents is 1. The predicted molar refractivity (Wildman–Crippen MR) is 122 cm³/mol. The first-order valence-corrected chi connectivity index (χ1v) is 12.2. The third-order valence-electron chi connectivity index (χ3n) is 5.75. The van der Waals surface area contributed by atoms with Crippen LogP contribution in [0.15, 0.2) is 41.3 Å². The highest BCUT2D eigenvalue weighted by atomic mass is 35.5. The Morgan fingerprint density at radius 1 is 1.00 bits per heavy atom. The average Bonchev–Trinajstić information content (AvgIpc) is 3.49. The lowest BCUT2D eigenvalue weighted by molar-refractivity contribution is -0.384. The van der Waals surface area contributed by atoms with Crippen LogP contribution in [0.4, 0.5) is 17.1 Å². The third-order valence-corrected chi connectivity index (χ3v) is 8.13. The Bertz CT molecular complexity index is 1160. The Labute approximate surface area is 191 Å². The number of sulfonamides is 1. The van der Waals surface area contributed by atoms with Gasteiger partial charge in [-0.2, -0.15) is 4.31 Å². The lowest BCUT2D eigenvalue weighted by Crippen LogP contribution is -2.28. The molecule has 1 amide bonds. The molecule has 2 heterocycles. The minimum Gasteiger partial charge on any atom is -0.371 e. The molecular weight excluding hydrogens is 456 g/mol. The minimum atomic E-state index is -3.78. The van der Waals surface area contributed by atoms with Gasteiger partial charge in [0, 0.05) is 44.0 Å². The zero-order valence-corrected chi connectivity index (χ0v) is 18.9. The molecule has 0 bridgehead atoms. The van der Waals surface area contributed by atoms with Gasteiger partial charge in [0.05, 0.1) is 21.2 Å². The highest BCUT2D eigenvalue weighted by Gasteiger charge is 2.30. The van der Waals surface area contributed by atoms with Gasteiger partial charge in [0.15, 0.2) is 0 Å². The van der Waals surface area contributed by atoms with Crippen molar-refractivity contribution in [2.24, 2.45) is 0 Å². The van der Waals surface area contributed by atoms with Crippen LogP contribution in [0.25, 0.3) is 0 Å². The number of benzene rings is 2. The van der Waals surface area contributed by atoms with E-state index in [1.807, 2.05) is 4.90 Å². The van der Waals surface area contributed by atoms with Crippen molar-refractivity contribution >= 4 is 44.6 Å². The molecule has 0 spiro atoms. The zero-order valence-electron chi connectivity index (χ0n) is 17.3. The first-order valence-electron chi connectivity index (χ1n) is 10.4. The number of nitrogens with zero attached hydrogens (tertiary/aromatic N) is 3. The molecule has 2 aromatic carbocycles. The van der Waals surface area contributed by atoms with Gasteiger partial charge in [-0.3, -0.25) is 14.9 Å². The molecule has 1 N–H and O–H groups in total. The quantitative estimate of drug-likeness (QED) is 0.498. The Hall–Kier alpha value is -2.69. The van der Waals surface area contributed by atoms with Crippen LogP contribution in [0, 0.1) is 10.1 Å². The summed E-state index contributed by atoms with van der Waals surface area (Å²) in [5.41, 5.74) is 0.840. The lowest BCUT2D eigenvalue weighted by atomic mass is 10.1. The number of nitro groups is 1. The second-order valence-electron chi connectivity index (χ2n) is 7.86. The molecular formula is C21H23ClN4O5S. The number of carbonyl (C=O) groups excluding carboxylic acids is 1. The van der Waals surface area contributed by atoms with Crippen LogP contribution in [0.3, 0.4) is 0 Å². The maximum Gasteiger partial charge on any atom is 0.270 e. The normalized spacial score (nSPS) is 17.0. The summed E-state index contributed by atoms with van der Waals surface area (Å²) >= 11 is 6.18. The second kappa shape index (κ2) is 9.05. The van der Waals surface area contributed by atoms with Gasteiger partial charge in [0.25, 0.3) is 11.6 Å². The first-order chi connectivity index (χ1) is 15.3. The molecule has 2 aromatic rings. The molecule has 2 saturated heterocycles. The summed E-state index contributed by atoms with van der Waals surface area (Å²) in [7, 11) is -3.78. The molecule has 2 fully saturated rings. The van der Waals surface area contributed by atoms with E-state index < -0.39 is 20.9 Å². The van der Waals surface area contributed by atoms with Crippen molar-refractivity contribution in [1.82, 2.24) is 4.31 Å². The van der Waals surface area contributed by atoms with E-state index in [9.17, 15) is 23.3 Å². The molecule has 4 rings (SSSR count). The number of hydrogen-bond acceptors (Lipinski definition) is 6. The lowest BCUT2D eigenvalue weighted by Gasteiger charge is -2.21. The fourth-order valence-corrected chi connectivity index (χ4v) is 6.12. The third kappa shape index (κ3) is 4.43. The highest BCUT2D eigenvalue weighted by Crippen LogP contribution is 2.32. The molecule has 9 nitrogen and oxygen atoms in total. The van der Waals surface area contributed by atoms with E-state index in [4.69, 9.17) is 11.6 Å². The minimum absolute atomic E-state index is 0.0716. The second-order valence-corrected chi connectivity index (χ2v) is 10.2. The van der Waals surface area contributed by atoms with E-state index >= 15 is 0 Å². The van der Waals surface area contributed by atoms with Crippen molar-refractivity contribution in [2.45, 2.75) is 30.6 Å². The first kappa shape index (κ1) is 22.5. The maximum atomic E-state index is 13.1. The van der Waals surface area contributed by atoms with Gasteiger partial charge < -0.3 is 10.2 Å². The molecule has 170 valence electrons. The van der Waals surface area contributed by atoms with Crippen molar-refractivity contribution in [2.75, 3.05) is 36.4 Å². The van der Waals surface area contributed by atoms with E-state index in [2.05, 4.69) is 5.32 Å². The molecule has 2 aliphatic rings. The summed E-state index contributed by atoms with van der Waals surface area (Å²) in [5, 5.41) is 14.0. The summed E-state index contributed by atoms with van der Waals surface area (Å²) < 4.78 is 27.3. The number of rotatable bonds is 6. The molecule has 2 aliphatic heterocycles. The molecule has 0 aromatic heterocycles. The molecule has 0 saturated carbocycles. The van der Waals surface area contributed by atoms with Crippen LogP contribution >= 0.6 is 11.6 Å². The van der Waals surface area contributed by atoms with E-state index in [-0.39, 0.29) is 26.9 Å². The number of hydrogen-bond donors (Lipinski definition) is 1. The smallest absolute Gasteiger partial charge is 0.270 e. The summed E-state index contributed by atoms with van der Waals surface area (Å²) in [5.74, 6) is -0.553. The number of anilines is 2. The topological polar surface area (TPSA) is 113 Å². The van der Waals surface area contributed by atoms with E-state index in [0.717, 1.165) is 38.8 Å². The summed E-state index contributed by atoms with van der Waals surface area (Å²) in [4.78, 5) is 25.8. The van der Waals surface area contributed by atoms with Gasteiger partial charge in [0.1, 0.15) is 4.90 Å². The summed E-state index contributed by atoms with van der Waals surface area (Å²) in [6.07, 6.45) is 3.54. The molecule has 0 aliphatic carbocycles. The van der Waals surface area contributed by atoms with Gasteiger partial charge in [-0.05, 0) is 49.9 Å². The van der Waals surface area contributed by atoms with Crippen molar-refractivity contribution < 1.29 is 18.1 Å². The van der Waals surface area contributed by atoms with Gasteiger partial charge in [-0.1, -0.05) is 11.6 Å². The van der Waals surface area contributed by atoms with Crippen LogP contribution in [-0.4, -0.2) is 49.7 Å². The number of non-ortho nitro benzene ring substituents is 1. The Morgan fingerprint density at radius 2 is 1.66 bits per heavy atom. The van der Waals surface area contributed by atoms with Crippen molar-refractivity contribution in [1.29, 1.82) is 0 Å². The Kier molecular flexibility index (Phi) is 6.36. The standard InChI is InChI=1S/C21H23ClN4O5S/c22-18-7-5-15(13-20(18)32(30,31)25-11-3-4-12-25)23-21(27)17-14-16(26(28)29)6-8-19(17)24-9-1-2-10-24/h5-8,13-14H,1-4,9-12H2,(H,23,27). The monoisotopic (exact) mass is 478 g/mol. The van der Waals surface area contributed by atoms with Crippen LogP contribution in [0.5, 0.6) is 0 Å². The van der Waals surface area contributed by atoms with Crippen molar-refractivity contribution in [3.8, 4) is 0 Å². The van der Waals surface area contributed by atoms with E-state index in [1.165, 1.54) is 34.6 Å². The number of amides is 1. The fourth-order valence-electron chi connectivity index (χ4n) is 4.10. The Balaban J connectivity index is 1.66. The fraction of sp³-hybridized carbons (Fsp3) is 0.381. The SMILES string of the molecule is O=C(Nc1ccc(Cl)c(S(=O)(=O)N2CCCC2)c1)c1cc([N+](=O)[O-])ccc1N1CCCC1. The van der Waals surface area contributed by atoms with E-state index in [0.29, 0.717) is 18.8 Å². The summed E-state index contributed by atoms with van der Waals surface area (Å²) in [6.45, 7) is 2.39. The maximum absolute atomic E-state index is 13.1. The zero-order chi connectivity index (χ0) is 22.9.